The summed E-state index contributed by atoms with van der Waals surface area (Å²) in [7, 11) is 0. The van der Waals surface area contributed by atoms with Crippen LogP contribution in [0.2, 0.25) is 0 Å². The summed E-state index contributed by atoms with van der Waals surface area (Å²) in [5, 5.41) is 0.592. The number of aromatic nitrogens is 2. The average molecular weight is 297 g/mol. The molecule has 0 saturated carbocycles. The fourth-order valence-electron chi connectivity index (χ4n) is 1.93. The van der Waals surface area contributed by atoms with E-state index in [0.717, 1.165) is 0 Å². The number of rotatable bonds is 4. The van der Waals surface area contributed by atoms with Gasteiger partial charge in [0.25, 0.3) is 5.56 Å². The van der Waals surface area contributed by atoms with E-state index in [4.69, 9.17) is 4.74 Å². The van der Waals surface area contributed by atoms with Crippen molar-refractivity contribution in [1.29, 1.82) is 0 Å². The highest BCUT2D eigenvalue weighted by Crippen LogP contribution is 2.18. The molecule has 1 aromatic heterocycles. The Morgan fingerprint density at radius 3 is 2.80 bits per heavy atom. The summed E-state index contributed by atoms with van der Waals surface area (Å²) < 4.78 is 7.12. The molecule has 20 heavy (non-hydrogen) atoms. The van der Waals surface area contributed by atoms with Crippen LogP contribution in [0.1, 0.15) is 19.9 Å². The van der Waals surface area contributed by atoms with E-state index in [1.165, 1.54) is 17.8 Å². The SMILES string of the molecule is CC(C)n1ccc(=O)nc1SCC(=O)N1CCOCC1. The molecule has 2 heterocycles. The molecule has 0 aromatic carbocycles. The number of thioether (sulfide) groups is 1. The lowest BCUT2D eigenvalue weighted by atomic mass is 10.4. The van der Waals surface area contributed by atoms with E-state index in [9.17, 15) is 9.59 Å². The van der Waals surface area contributed by atoms with Gasteiger partial charge in [0.1, 0.15) is 0 Å². The van der Waals surface area contributed by atoms with Crippen molar-refractivity contribution in [3.63, 3.8) is 0 Å². The molecule has 0 radical (unpaired) electrons. The van der Waals surface area contributed by atoms with Gasteiger partial charge in [-0.05, 0) is 13.8 Å². The van der Waals surface area contributed by atoms with Crippen molar-refractivity contribution >= 4 is 17.7 Å². The number of amides is 1. The Bertz CT molecular complexity index is 524. The van der Waals surface area contributed by atoms with Crippen LogP contribution in [-0.4, -0.2) is 52.4 Å². The predicted molar refractivity (Wildman–Crippen MR) is 77.0 cm³/mol. The topological polar surface area (TPSA) is 64.4 Å². The third kappa shape index (κ3) is 3.83. The second-order valence-electron chi connectivity index (χ2n) is 4.83. The molecule has 0 atom stereocenters. The van der Waals surface area contributed by atoms with E-state index in [1.807, 2.05) is 18.4 Å². The number of carbonyl (C=O) groups excluding carboxylic acids is 1. The van der Waals surface area contributed by atoms with Crippen molar-refractivity contribution in [3.05, 3.63) is 22.6 Å². The van der Waals surface area contributed by atoms with Gasteiger partial charge in [-0.2, -0.15) is 4.98 Å². The Labute approximate surface area is 122 Å². The summed E-state index contributed by atoms with van der Waals surface area (Å²) in [6, 6.07) is 1.64. The summed E-state index contributed by atoms with van der Waals surface area (Å²) in [5.74, 6) is 0.357. The lowest BCUT2D eigenvalue weighted by Crippen LogP contribution is -2.41. The maximum Gasteiger partial charge on any atom is 0.273 e. The van der Waals surface area contributed by atoms with Crippen molar-refractivity contribution in [2.45, 2.75) is 25.0 Å². The normalized spacial score (nSPS) is 15.7. The first kappa shape index (κ1) is 15.1. The zero-order valence-electron chi connectivity index (χ0n) is 11.7. The Morgan fingerprint density at radius 1 is 1.45 bits per heavy atom. The molecule has 2 rings (SSSR count). The Morgan fingerprint density at radius 2 is 2.15 bits per heavy atom. The minimum atomic E-state index is -0.275. The minimum Gasteiger partial charge on any atom is -0.378 e. The molecule has 0 aliphatic carbocycles. The summed E-state index contributed by atoms with van der Waals surface area (Å²) in [6.07, 6.45) is 1.72. The molecule has 0 N–H and O–H groups in total. The molecular weight excluding hydrogens is 278 g/mol. The van der Waals surface area contributed by atoms with Crippen LogP contribution in [0, 0.1) is 0 Å². The van der Waals surface area contributed by atoms with E-state index >= 15 is 0 Å². The molecular formula is C13H19N3O3S. The molecule has 6 nitrogen and oxygen atoms in total. The molecule has 1 amide bonds. The summed E-state index contributed by atoms with van der Waals surface area (Å²) in [5.41, 5.74) is -0.275. The van der Waals surface area contributed by atoms with Crippen LogP contribution in [0.25, 0.3) is 0 Å². The molecule has 1 fully saturated rings. The van der Waals surface area contributed by atoms with Crippen LogP contribution in [0.5, 0.6) is 0 Å². The second-order valence-corrected chi connectivity index (χ2v) is 5.77. The quantitative estimate of drug-likeness (QED) is 0.607. The van der Waals surface area contributed by atoms with Gasteiger partial charge in [-0.3, -0.25) is 9.59 Å². The number of hydrogen-bond donors (Lipinski definition) is 0. The summed E-state index contributed by atoms with van der Waals surface area (Å²) >= 11 is 1.31. The van der Waals surface area contributed by atoms with E-state index in [0.29, 0.717) is 37.2 Å². The highest BCUT2D eigenvalue weighted by molar-refractivity contribution is 7.99. The molecule has 1 aliphatic rings. The van der Waals surface area contributed by atoms with Gasteiger partial charge >= 0.3 is 0 Å². The molecule has 1 aromatic rings. The van der Waals surface area contributed by atoms with Gasteiger partial charge in [0.2, 0.25) is 5.91 Å². The zero-order valence-corrected chi connectivity index (χ0v) is 12.6. The maximum atomic E-state index is 12.1. The highest BCUT2D eigenvalue weighted by atomic mass is 32.2. The van der Waals surface area contributed by atoms with Gasteiger partial charge in [0.05, 0.1) is 19.0 Å². The first-order valence-corrected chi connectivity index (χ1v) is 7.64. The van der Waals surface area contributed by atoms with Crippen molar-refractivity contribution < 1.29 is 9.53 Å². The van der Waals surface area contributed by atoms with Gasteiger partial charge in [0.15, 0.2) is 5.16 Å². The molecule has 7 heteroatoms. The Kier molecular flexibility index (Phi) is 5.19. The molecule has 1 aliphatic heterocycles. The van der Waals surface area contributed by atoms with Gasteiger partial charge in [-0.15, -0.1) is 0 Å². The molecule has 1 saturated heterocycles. The number of nitrogens with zero attached hydrogens (tertiary/aromatic N) is 3. The van der Waals surface area contributed by atoms with Gasteiger partial charge in [-0.1, -0.05) is 11.8 Å². The predicted octanol–water partition coefficient (Wildman–Crippen LogP) is 0.775. The van der Waals surface area contributed by atoms with Crippen molar-refractivity contribution in [3.8, 4) is 0 Å². The number of ether oxygens (including phenoxy) is 1. The number of carbonyl (C=O) groups is 1. The summed E-state index contributed by atoms with van der Waals surface area (Å²) in [4.78, 5) is 29.2. The molecule has 0 bridgehead atoms. The monoisotopic (exact) mass is 297 g/mol. The van der Waals surface area contributed by atoms with Crippen molar-refractivity contribution in [1.82, 2.24) is 14.5 Å². The molecule has 0 unspecified atom stereocenters. The average Bonchev–Trinajstić information content (AvgIpc) is 2.45. The zero-order chi connectivity index (χ0) is 14.5. The lowest BCUT2D eigenvalue weighted by Gasteiger charge is -2.26. The highest BCUT2D eigenvalue weighted by Gasteiger charge is 2.18. The Hall–Kier alpha value is -1.34. The van der Waals surface area contributed by atoms with E-state index in [1.54, 1.807) is 11.1 Å². The lowest BCUT2D eigenvalue weighted by molar-refractivity contribution is -0.132. The van der Waals surface area contributed by atoms with Crippen molar-refractivity contribution in [2.24, 2.45) is 0 Å². The van der Waals surface area contributed by atoms with E-state index < -0.39 is 0 Å². The Balaban J connectivity index is 2.01. The fraction of sp³-hybridized carbons (Fsp3) is 0.615. The third-order valence-corrected chi connectivity index (χ3v) is 4.00. The van der Waals surface area contributed by atoms with Crippen LogP contribution < -0.4 is 5.56 Å². The van der Waals surface area contributed by atoms with Crippen LogP contribution in [0.4, 0.5) is 0 Å². The molecule has 0 spiro atoms. The minimum absolute atomic E-state index is 0.0618. The van der Waals surface area contributed by atoms with Gasteiger partial charge < -0.3 is 14.2 Å². The van der Waals surface area contributed by atoms with Crippen LogP contribution in [0.15, 0.2) is 22.2 Å². The summed E-state index contributed by atoms with van der Waals surface area (Å²) in [6.45, 7) is 6.49. The number of hydrogen-bond acceptors (Lipinski definition) is 5. The second kappa shape index (κ2) is 6.90. The molecule has 110 valence electrons. The van der Waals surface area contributed by atoms with Crippen LogP contribution in [0.3, 0.4) is 0 Å². The van der Waals surface area contributed by atoms with Crippen molar-refractivity contribution in [2.75, 3.05) is 32.1 Å². The number of morpholine rings is 1. The standard InChI is InChI=1S/C13H19N3O3S/c1-10(2)16-4-3-11(17)14-13(16)20-9-12(18)15-5-7-19-8-6-15/h3-4,10H,5-9H2,1-2H3. The van der Waals surface area contributed by atoms with Gasteiger partial charge in [-0.25, -0.2) is 0 Å². The fourth-order valence-corrected chi connectivity index (χ4v) is 2.94. The first-order valence-electron chi connectivity index (χ1n) is 6.65. The maximum absolute atomic E-state index is 12.1. The van der Waals surface area contributed by atoms with E-state index in [-0.39, 0.29) is 17.5 Å². The van der Waals surface area contributed by atoms with Crippen LogP contribution >= 0.6 is 11.8 Å². The van der Waals surface area contributed by atoms with Gasteiger partial charge in [0, 0.05) is 31.4 Å². The largest absolute Gasteiger partial charge is 0.378 e. The first-order chi connectivity index (χ1) is 9.58. The van der Waals surface area contributed by atoms with Crippen LogP contribution in [-0.2, 0) is 9.53 Å². The van der Waals surface area contributed by atoms with E-state index in [2.05, 4.69) is 4.98 Å². The smallest absolute Gasteiger partial charge is 0.273 e. The third-order valence-electron chi connectivity index (χ3n) is 3.05.